The molecular formula is C42H27N5. The predicted octanol–water partition coefficient (Wildman–Crippen LogP) is 9.52. The van der Waals surface area contributed by atoms with Crippen LogP contribution in [0.3, 0.4) is 0 Å². The highest BCUT2D eigenvalue weighted by atomic mass is 15.2. The molecule has 5 nitrogen and oxygen atoms in total. The van der Waals surface area contributed by atoms with Crippen LogP contribution >= 0.6 is 0 Å². The lowest BCUT2D eigenvalue weighted by atomic mass is 9.97. The zero-order valence-corrected chi connectivity index (χ0v) is 25.3. The highest BCUT2D eigenvalue weighted by molar-refractivity contribution is 6.31. The summed E-state index contributed by atoms with van der Waals surface area (Å²) in [5, 5.41) is 15.2. The van der Waals surface area contributed by atoms with E-state index in [2.05, 4.69) is 155 Å². The molecule has 1 aromatic heterocycles. The minimum Gasteiger partial charge on any atom is -0.371 e. The van der Waals surface area contributed by atoms with Crippen molar-refractivity contribution < 1.29 is 0 Å². The molecule has 220 valence electrons. The molecule has 0 amide bonds. The van der Waals surface area contributed by atoms with Crippen molar-refractivity contribution in [2.45, 2.75) is 12.2 Å². The van der Waals surface area contributed by atoms with Gasteiger partial charge in [-0.2, -0.15) is 0 Å². The Hall–Kier alpha value is -6.20. The summed E-state index contributed by atoms with van der Waals surface area (Å²) in [4.78, 5) is 10.6. The predicted molar refractivity (Wildman–Crippen MR) is 196 cm³/mol. The molecular weight excluding hydrogens is 574 g/mol. The quantitative estimate of drug-likeness (QED) is 0.207. The van der Waals surface area contributed by atoms with Crippen molar-refractivity contribution in [3.63, 3.8) is 0 Å². The number of rotatable bonds is 2. The van der Waals surface area contributed by atoms with Gasteiger partial charge in [0.15, 0.2) is 0 Å². The number of allylic oxidation sites excluding steroid dienone is 2. The standard InChI is InChI=1S/C42H27N5/c1-2-12-25(13-3-1)38-42(46-34-20-9-8-19-33(34)43-38)47-35-22-21-24-11-4-5-14-26(24)37(35)30-23-29-36-27(15-10-16-28(36)41(30)47)39-40(29)45-32-18-7-6-17-31(32)44-39/h1-23,32,42,45-46H. The van der Waals surface area contributed by atoms with E-state index in [0.29, 0.717) is 0 Å². The van der Waals surface area contributed by atoms with E-state index in [1.165, 1.54) is 54.5 Å². The van der Waals surface area contributed by atoms with Crippen molar-refractivity contribution >= 4 is 77.5 Å². The maximum Gasteiger partial charge on any atom is 0.148 e. The van der Waals surface area contributed by atoms with Gasteiger partial charge in [0.2, 0.25) is 0 Å². The van der Waals surface area contributed by atoms with Crippen molar-refractivity contribution in [3.8, 4) is 0 Å². The molecule has 6 aromatic carbocycles. The van der Waals surface area contributed by atoms with E-state index in [4.69, 9.17) is 9.98 Å². The Bertz CT molecular complexity index is 2690. The molecule has 2 aliphatic heterocycles. The number of aromatic nitrogens is 1. The van der Waals surface area contributed by atoms with Gasteiger partial charge in [0.05, 0.1) is 51.3 Å². The first-order valence-corrected chi connectivity index (χ1v) is 16.2. The number of fused-ring (bicyclic) bond motifs is 10. The van der Waals surface area contributed by atoms with Crippen LogP contribution in [0, 0.1) is 0 Å². The van der Waals surface area contributed by atoms with E-state index >= 15 is 0 Å². The first kappa shape index (κ1) is 25.0. The topological polar surface area (TPSA) is 53.7 Å². The normalized spacial score (nSPS) is 19.0. The summed E-state index contributed by atoms with van der Waals surface area (Å²) in [6.45, 7) is 0. The summed E-state index contributed by atoms with van der Waals surface area (Å²) in [5.41, 5.74) is 12.0. The molecule has 0 bridgehead atoms. The Morgan fingerprint density at radius 2 is 1.49 bits per heavy atom. The number of hydrogen-bond acceptors (Lipinski definition) is 4. The van der Waals surface area contributed by atoms with Gasteiger partial charge in [0.25, 0.3) is 0 Å². The van der Waals surface area contributed by atoms with Crippen LogP contribution < -0.4 is 10.6 Å². The molecule has 11 rings (SSSR count). The fraction of sp³-hybridized carbons (Fsp3) is 0.0476. The van der Waals surface area contributed by atoms with Crippen LogP contribution in [0.25, 0.3) is 54.7 Å². The molecule has 7 aromatic rings. The number of benzene rings is 6. The first-order valence-electron chi connectivity index (χ1n) is 16.2. The van der Waals surface area contributed by atoms with E-state index < -0.39 is 0 Å². The average molecular weight is 602 g/mol. The highest BCUT2D eigenvalue weighted by Crippen LogP contribution is 2.50. The molecule has 0 fully saturated rings. The molecule has 3 heterocycles. The zero-order valence-electron chi connectivity index (χ0n) is 25.3. The van der Waals surface area contributed by atoms with Crippen molar-refractivity contribution in [2.24, 2.45) is 9.98 Å². The van der Waals surface area contributed by atoms with Gasteiger partial charge in [-0.05, 0) is 41.1 Å². The molecule has 0 saturated carbocycles. The van der Waals surface area contributed by atoms with Crippen LogP contribution in [0.2, 0.25) is 0 Å². The number of nitrogens with zero attached hydrogens (tertiary/aromatic N) is 3. The third kappa shape index (κ3) is 3.38. The summed E-state index contributed by atoms with van der Waals surface area (Å²) < 4.78 is 2.50. The fourth-order valence-corrected chi connectivity index (χ4v) is 8.13. The van der Waals surface area contributed by atoms with E-state index in [1.54, 1.807) is 0 Å². The fourth-order valence-electron chi connectivity index (χ4n) is 8.13. The second-order valence-electron chi connectivity index (χ2n) is 12.7. The minimum absolute atomic E-state index is 0.0668. The molecule has 4 aliphatic rings. The molecule has 0 spiro atoms. The maximum absolute atomic E-state index is 5.34. The Balaban J connectivity index is 1.28. The highest BCUT2D eigenvalue weighted by Gasteiger charge is 2.35. The Labute approximate surface area is 270 Å². The maximum atomic E-state index is 5.34. The first-order chi connectivity index (χ1) is 23.3. The average Bonchev–Trinajstić information content (AvgIpc) is 3.64. The molecule has 0 saturated heterocycles. The molecule has 2 aliphatic carbocycles. The van der Waals surface area contributed by atoms with Gasteiger partial charge in [0.1, 0.15) is 6.17 Å². The van der Waals surface area contributed by atoms with Crippen molar-refractivity contribution in [1.29, 1.82) is 0 Å². The van der Waals surface area contributed by atoms with E-state index in [-0.39, 0.29) is 12.2 Å². The second-order valence-corrected chi connectivity index (χ2v) is 12.7. The van der Waals surface area contributed by atoms with Gasteiger partial charge in [-0.3, -0.25) is 0 Å². The molecule has 0 radical (unpaired) electrons. The van der Waals surface area contributed by atoms with Crippen LogP contribution in [0.5, 0.6) is 0 Å². The van der Waals surface area contributed by atoms with Gasteiger partial charge in [-0.15, -0.1) is 0 Å². The van der Waals surface area contributed by atoms with Crippen molar-refractivity contribution in [2.75, 3.05) is 5.32 Å². The van der Waals surface area contributed by atoms with Crippen LogP contribution in [-0.4, -0.2) is 22.0 Å². The molecule has 2 N–H and O–H groups in total. The summed E-state index contributed by atoms with van der Waals surface area (Å²) in [6.07, 6.45) is 8.24. The summed E-state index contributed by atoms with van der Waals surface area (Å²) >= 11 is 0. The van der Waals surface area contributed by atoms with Gasteiger partial charge in [0, 0.05) is 38.2 Å². The third-order valence-electron chi connectivity index (χ3n) is 10.1. The number of nitrogens with one attached hydrogen (secondary N) is 2. The lowest BCUT2D eigenvalue weighted by Gasteiger charge is -2.30. The third-order valence-corrected chi connectivity index (χ3v) is 10.1. The Morgan fingerprint density at radius 3 is 2.45 bits per heavy atom. The number of para-hydroxylation sites is 2. The lowest BCUT2D eigenvalue weighted by Crippen LogP contribution is -2.36. The number of aliphatic imine (C=N–C) groups is 2. The van der Waals surface area contributed by atoms with Gasteiger partial charge >= 0.3 is 0 Å². The van der Waals surface area contributed by atoms with E-state index in [1.807, 2.05) is 0 Å². The number of hydrogen-bond donors (Lipinski definition) is 2. The zero-order chi connectivity index (χ0) is 30.6. The van der Waals surface area contributed by atoms with Crippen molar-refractivity contribution in [1.82, 2.24) is 9.88 Å². The van der Waals surface area contributed by atoms with Crippen molar-refractivity contribution in [3.05, 3.63) is 156 Å². The Kier molecular flexibility index (Phi) is 4.89. The van der Waals surface area contributed by atoms with E-state index in [0.717, 1.165) is 39.8 Å². The number of anilines is 1. The SMILES string of the molecule is C1=CC2=NC3=C(NC2C=C1)c1cc2c4c5ccccc5ccc4n(C4Nc5ccccc5N=C4c4ccccc4)c2c2cccc3c12. The molecule has 47 heavy (non-hydrogen) atoms. The second kappa shape index (κ2) is 9.18. The van der Waals surface area contributed by atoms with Crippen LogP contribution in [-0.2, 0) is 0 Å². The molecule has 2 unspecified atom stereocenters. The van der Waals surface area contributed by atoms with E-state index in [9.17, 15) is 0 Å². The monoisotopic (exact) mass is 601 g/mol. The Morgan fingerprint density at radius 1 is 0.638 bits per heavy atom. The summed E-state index contributed by atoms with van der Waals surface area (Å²) in [7, 11) is 0. The summed E-state index contributed by atoms with van der Waals surface area (Å²) in [6, 6.07) is 41.4. The van der Waals surface area contributed by atoms with Crippen LogP contribution in [0.1, 0.15) is 22.9 Å². The van der Waals surface area contributed by atoms with Crippen LogP contribution in [0.4, 0.5) is 11.4 Å². The minimum atomic E-state index is -0.244. The molecule has 2 atom stereocenters. The largest absolute Gasteiger partial charge is 0.371 e. The van der Waals surface area contributed by atoms with Gasteiger partial charge in [-0.1, -0.05) is 109 Å². The van der Waals surface area contributed by atoms with Crippen LogP contribution in [0.15, 0.2) is 150 Å². The van der Waals surface area contributed by atoms with Gasteiger partial charge in [-0.25, -0.2) is 9.98 Å². The van der Waals surface area contributed by atoms with Gasteiger partial charge < -0.3 is 15.2 Å². The smallest absolute Gasteiger partial charge is 0.148 e. The summed E-state index contributed by atoms with van der Waals surface area (Å²) in [5.74, 6) is 0. The molecule has 5 heteroatoms. The lowest BCUT2D eigenvalue weighted by molar-refractivity contribution is 0.760.